The molecule has 0 radical (unpaired) electrons. The third kappa shape index (κ3) is 3.33. The van der Waals surface area contributed by atoms with Crippen LogP contribution in [0.25, 0.3) is 0 Å². The molecule has 0 N–H and O–H groups in total. The number of carbonyl (C=O) groups is 1. The van der Waals surface area contributed by atoms with Crippen LogP contribution in [0.4, 0.5) is 8.78 Å². The molecule has 5 heteroatoms. The van der Waals surface area contributed by atoms with Gasteiger partial charge in [-0.1, -0.05) is 29.4 Å². The highest BCUT2D eigenvalue weighted by atomic mass is 35.5. The third-order valence-electron chi connectivity index (χ3n) is 2.46. The van der Waals surface area contributed by atoms with Gasteiger partial charge in [-0.05, 0) is 37.3 Å². The molecule has 1 nitrogen and oxygen atoms in total. The third-order valence-corrected chi connectivity index (χ3v) is 3.95. The van der Waals surface area contributed by atoms with Gasteiger partial charge in [0.25, 0.3) is 0 Å². The molecule has 0 unspecified atom stereocenters. The van der Waals surface area contributed by atoms with Gasteiger partial charge in [0.05, 0.1) is 5.02 Å². The fourth-order valence-electron chi connectivity index (χ4n) is 1.47. The Kier molecular flexibility index (Phi) is 4.22. The van der Waals surface area contributed by atoms with Crippen LogP contribution in [0, 0.1) is 11.6 Å². The van der Waals surface area contributed by atoms with Crippen molar-refractivity contribution >= 4 is 29.1 Å². The summed E-state index contributed by atoms with van der Waals surface area (Å²) < 4.78 is 25.9. The van der Waals surface area contributed by atoms with E-state index in [0.29, 0.717) is 20.4 Å². The Hall–Kier alpha value is -1.39. The topological polar surface area (TPSA) is 17.1 Å². The standard InChI is InChI=1S/C14H9ClF2OS/c1-8(18)9-2-5-14(11(15)6-9)19-10-3-4-12(16)13(17)7-10/h2-7H,1H3. The number of rotatable bonds is 3. The normalized spacial score (nSPS) is 10.5. The Morgan fingerprint density at radius 2 is 1.84 bits per heavy atom. The van der Waals surface area contributed by atoms with Crippen LogP contribution in [-0.2, 0) is 0 Å². The Balaban J connectivity index is 2.28. The molecule has 0 heterocycles. The molecule has 0 spiro atoms. The number of carbonyl (C=O) groups excluding carboxylic acids is 1. The van der Waals surface area contributed by atoms with Crippen LogP contribution in [0.3, 0.4) is 0 Å². The molecular formula is C14H9ClF2OS. The van der Waals surface area contributed by atoms with E-state index in [-0.39, 0.29) is 5.78 Å². The molecule has 98 valence electrons. The minimum Gasteiger partial charge on any atom is -0.295 e. The SMILES string of the molecule is CC(=O)c1ccc(Sc2ccc(F)c(F)c2)c(Cl)c1. The molecule has 0 atom stereocenters. The second-order valence-electron chi connectivity index (χ2n) is 3.88. The molecule has 0 aromatic heterocycles. The van der Waals surface area contributed by atoms with E-state index in [0.717, 1.165) is 12.1 Å². The Morgan fingerprint density at radius 3 is 2.42 bits per heavy atom. The van der Waals surface area contributed by atoms with Crippen molar-refractivity contribution < 1.29 is 13.6 Å². The molecule has 19 heavy (non-hydrogen) atoms. The predicted molar refractivity (Wildman–Crippen MR) is 71.9 cm³/mol. The average molecular weight is 299 g/mol. The van der Waals surface area contributed by atoms with E-state index in [4.69, 9.17) is 11.6 Å². The number of halogens is 3. The number of hydrogen-bond donors (Lipinski definition) is 0. The number of Topliss-reactive ketones (excluding diaryl/α,β-unsaturated/α-hetero) is 1. The molecule has 0 bridgehead atoms. The van der Waals surface area contributed by atoms with E-state index >= 15 is 0 Å². The molecule has 2 aromatic carbocycles. The van der Waals surface area contributed by atoms with Gasteiger partial charge in [-0.25, -0.2) is 8.78 Å². The first-order valence-electron chi connectivity index (χ1n) is 5.41. The first kappa shape index (κ1) is 14.0. The maximum atomic E-state index is 13.1. The Bertz CT molecular complexity index is 643. The van der Waals surface area contributed by atoms with Crippen LogP contribution in [0.5, 0.6) is 0 Å². The zero-order valence-corrected chi connectivity index (χ0v) is 11.5. The van der Waals surface area contributed by atoms with Gasteiger partial charge in [-0.15, -0.1) is 0 Å². The first-order chi connectivity index (χ1) is 8.97. The summed E-state index contributed by atoms with van der Waals surface area (Å²) in [5, 5.41) is 0.405. The minimum atomic E-state index is -0.901. The summed E-state index contributed by atoms with van der Waals surface area (Å²) in [6, 6.07) is 8.54. The lowest BCUT2D eigenvalue weighted by Gasteiger charge is -2.06. The van der Waals surface area contributed by atoms with Crippen molar-refractivity contribution in [1.29, 1.82) is 0 Å². The van der Waals surface area contributed by atoms with Crippen LogP contribution < -0.4 is 0 Å². The number of ketones is 1. The summed E-state index contributed by atoms with van der Waals surface area (Å²) in [6.45, 7) is 1.45. The summed E-state index contributed by atoms with van der Waals surface area (Å²) in [5.74, 6) is -1.87. The molecule has 0 fully saturated rings. The van der Waals surface area contributed by atoms with Gasteiger partial charge < -0.3 is 0 Å². The maximum Gasteiger partial charge on any atom is 0.159 e. The molecule has 0 aliphatic rings. The van der Waals surface area contributed by atoms with E-state index in [1.54, 1.807) is 18.2 Å². The number of hydrogen-bond acceptors (Lipinski definition) is 2. The Labute approximate surface area is 118 Å². The molecule has 2 rings (SSSR count). The fourth-order valence-corrected chi connectivity index (χ4v) is 2.61. The minimum absolute atomic E-state index is 0.0775. The molecule has 2 aromatic rings. The van der Waals surface area contributed by atoms with Gasteiger partial charge in [-0.3, -0.25) is 4.79 Å². The van der Waals surface area contributed by atoms with Crippen molar-refractivity contribution in [2.24, 2.45) is 0 Å². The lowest BCUT2D eigenvalue weighted by atomic mass is 10.1. The van der Waals surface area contributed by atoms with Gasteiger partial charge in [0.2, 0.25) is 0 Å². The molecule has 0 aliphatic heterocycles. The molecule has 0 saturated heterocycles. The van der Waals surface area contributed by atoms with Crippen LogP contribution in [0.2, 0.25) is 5.02 Å². The fraction of sp³-hybridized carbons (Fsp3) is 0.0714. The summed E-state index contributed by atoms with van der Waals surface area (Å²) in [4.78, 5) is 12.4. The van der Waals surface area contributed by atoms with Crippen molar-refractivity contribution in [1.82, 2.24) is 0 Å². The molecule has 0 saturated carbocycles. The molecular weight excluding hydrogens is 290 g/mol. The first-order valence-corrected chi connectivity index (χ1v) is 6.60. The molecule has 0 aliphatic carbocycles. The second-order valence-corrected chi connectivity index (χ2v) is 5.40. The van der Waals surface area contributed by atoms with Gasteiger partial charge in [0.15, 0.2) is 17.4 Å². The lowest BCUT2D eigenvalue weighted by molar-refractivity contribution is 0.101. The van der Waals surface area contributed by atoms with E-state index in [1.807, 2.05) is 0 Å². The summed E-state index contributed by atoms with van der Waals surface area (Å²) >= 11 is 7.26. The van der Waals surface area contributed by atoms with Crippen LogP contribution in [-0.4, -0.2) is 5.78 Å². The van der Waals surface area contributed by atoms with Crippen molar-refractivity contribution in [3.63, 3.8) is 0 Å². The van der Waals surface area contributed by atoms with Crippen molar-refractivity contribution in [2.75, 3.05) is 0 Å². The van der Waals surface area contributed by atoms with E-state index in [9.17, 15) is 13.6 Å². The summed E-state index contributed by atoms with van der Waals surface area (Å²) in [7, 11) is 0. The van der Waals surface area contributed by atoms with Gasteiger partial charge in [0.1, 0.15) is 0 Å². The largest absolute Gasteiger partial charge is 0.295 e. The van der Waals surface area contributed by atoms with Crippen LogP contribution in [0.15, 0.2) is 46.2 Å². The highest BCUT2D eigenvalue weighted by Gasteiger charge is 2.08. The monoisotopic (exact) mass is 298 g/mol. The second kappa shape index (κ2) is 5.72. The van der Waals surface area contributed by atoms with Crippen molar-refractivity contribution in [3.8, 4) is 0 Å². The Morgan fingerprint density at radius 1 is 1.11 bits per heavy atom. The van der Waals surface area contributed by atoms with Crippen LogP contribution in [0.1, 0.15) is 17.3 Å². The van der Waals surface area contributed by atoms with E-state index < -0.39 is 11.6 Å². The van der Waals surface area contributed by atoms with Crippen LogP contribution >= 0.6 is 23.4 Å². The van der Waals surface area contributed by atoms with Gasteiger partial charge in [-0.2, -0.15) is 0 Å². The zero-order valence-electron chi connectivity index (χ0n) is 9.91. The summed E-state index contributed by atoms with van der Waals surface area (Å²) in [5.41, 5.74) is 0.514. The zero-order chi connectivity index (χ0) is 14.0. The highest BCUT2D eigenvalue weighted by molar-refractivity contribution is 7.99. The average Bonchev–Trinajstić information content (AvgIpc) is 2.36. The quantitative estimate of drug-likeness (QED) is 0.744. The predicted octanol–water partition coefficient (Wildman–Crippen LogP) is 4.97. The smallest absolute Gasteiger partial charge is 0.159 e. The number of benzene rings is 2. The van der Waals surface area contributed by atoms with Crippen molar-refractivity contribution in [2.45, 2.75) is 16.7 Å². The van der Waals surface area contributed by atoms with E-state index in [2.05, 4.69) is 0 Å². The van der Waals surface area contributed by atoms with Gasteiger partial charge in [0, 0.05) is 15.4 Å². The molecule has 0 amide bonds. The summed E-state index contributed by atoms with van der Waals surface area (Å²) in [6.07, 6.45) is 0. The lowest BCUT2D eigenvalue weighted by Crippen LogP contribution is -1.91. The highest BCUT2D eigenvalue weighted by Crippen LogP contribution is 2.34. The van der Waals surface area contributed by atoms with Crippen molar-refractivity contribution in [3.05, 3.63) is 58.6 Å². The maximum absolute atomic E-state index is 13.1. The van der Waals surface area contributed by atoms with Gasteiger partial charge >= 0.3 is 0 Å². The van der Waals surface area contributed by atoms with E-state index in [1.165, 1.54) is 24.8 Å².